The van der Waals surface area contributed by atoms with Crippen LogP contribution in [-0.4, -0.2) is 9.97 Å². The van der Waals surface area contributed by atoms with Gasteiger partial charge in [-0.3, -0.25) is 9.97 Å². The van der Waals surface area contributed by atoms with E-state index in [4.69, 9.17) is 5.73 Å². The molecule has 0 spiro atoms. The first-order valence-corrected chi connectivity index (χ1v) is 4.40. The molecule has 0 bridgehead atoms. The average Bonchev–Trinajstić information content (AvgIpc) is 2.23. The first-order valence-electron chi connectivity index (χ1n) is 4.40. The van der Waals surface area contributed by atoms with Crippen LogP contribution >= 0.6 is 0 Å². The van der Waals surface area contributed by atoms with Gasteiger partial charge in [0.05, 0.1) is 11.4 Å². The van der Waals surface area contributed by atoms with E-state index in [-0.39, 0.29) is 0 Å². The average molecular weight is 185 g/mol. The molecule has 0 aliphatic heterocycles. The molecule has 0 saturated heterocycles. The monoisotopic (exact) mass is 185 g/mol. The van der Waals surface area contributed by atoms with Gasteiger partial charge in [-0.05, 0) is 30.7 Å². The van der Waals surface area contributed by atoms with Crippen LogP contribution in [0.3, 0.4) is 0 Å². The van der Waals surface area contributed by atoms with Crippen molar-refractivity contribution in [2.45, 2.75) is 6.92 Å². The Hall–Kier alpha value is -1.90. The minimum atomic E-state index is 0.723. The third kappa shape index (κ3) is 1.44. The number of hydrogen-bond donors (Lipinski definition) is 1. The number of nitrogens with zero attached hydrogens (tertiary/aromatic N) is 2. The van der Waals surface area contributed by atoms with Gasteiger partial charge >= 0.3 is 0 Å². The predicted octanol–water partition coefficient (Wildman–Crippen LogP) is 2.03. The van der Waals surface area contributed by atoms with Gasteiger partial charge in [-0.25, -0.2) is 0 Å². The molecule has 2 heterocycles. The van der Waals surface area contributed by atoms with E-state index >= 15 is 0 Å². The van der Waals surface area contributed by atoms with Crippen molar-refractivity contribution >= 4 is 5.69 Å². The Morgan fingerprint density at radius 2 is 2.07 bits per heavy atom. The third-order valence-corrected chi connectivity index (χ3v) is 2.14. The number of aromatic nitrogens is 2. The van der Waals surface area contributed by atoms with E-state index in [0.717, 1.165) is 22.5 Å². The Kier molecular flexibility index (Phi) is 2.14. The van der Waals surface area contributed by atoms with Crippen molar-refractivity contribution in [2.24, 2.45) is 0 Å². The van der Waals surface area contributed by atoms with Crippen LogP contribution in [0, 0.1) is 6.92 Å². The molecule has 2 aromatic rings. The molecular weight excluding hydrogens is 174 g/mol. The van der Waals surface area contributed by atoms with Crippen molar-refractivity contribution in [1.82, 2.24) is 9.97 Å². The zero-order chi connectivity index (χ0) is 9.97. The molecule has 0 aliphatic rings. The zero-order valence-electron chi connectivity index (χ0n) is 7.94. The number of hydrogen-bond acceptors (Lipinski definition) is 3. The topological polar surface area (TPSA) is 51.8 Å². The van der Waals surface area contributed by atoms with Gasteiger partial charge in [-0.15, -0.1) is 0 Å². The molecule has 70 valence electrons. The van der Waals surface area contributed by atoms with Crippen molar-refractivity contribution in [3.63, 3.8) is 0 Å². The normalized spacial score (nSPS) is 10.1. The summed E-state index contributed by atoms with van der Waals surface area (Å²) in [4.78, 5) is 8.28. The molecule has 0 aromatic carbocycles. The molecule has 3 nitrogen and oxygen atoms in total. The smallest absolute Gasteiger partial charge is 0.0949 e. The van der Waals surface area contributed by atoms with Crippen molar-refractivity contribution < 1.29 is 0 Å². The first-order chi connectivity index (χ1) is 6.79. The van der Waals surface area contributed by atoms with Gasteiger partial charge in [0, 0.05) is 24.2 Å². The molecule has 14 heavy (non-hydrogen) atoms. The van der Waals surface area contributed by atoms with Gasteiger partial charge in [0.25, 0.3) is 0 Å². The van der Waals surface area contributed by atoms with Crippen molar-refractivity contribution in [2.75, 3.05) is 5.73 Å². The van der Waals surface area contributed by atoms with Crippen LogP contribution in [0.25, 0.3) is 11.3 Å². The molecular formula is C11H11N3. The summed E-state index contributed by atoms with van der Waals surface area (Å²) in [6.07, 6.45) is 5.25. The Labute approximate surface area is 82.6 Å². The molecule has 0 atom stereocenters. The highest BCUT2D eigenvalue weighted by molar-refractivity contribution is 5.73. The van der Waals surface area contributed by atoms with Crippen LogP contribution in [0.4, 0.5) is 5.69 Å². The molecule has 0 saturated carbocycles. The summed E-state index contributed by atoms with van der Waals surface area (Å²) in [5.74, 6) is 0. The van der Waals surface area contributed by atoms with Gasteiger partial charge < -0.3 is 5.73 Å². The van der Waals surface area contributed by atoms with Crippen LogP contribution in [0.15, 0.2) is 36.8 Å². The van der Waals surface area contributed by atoms with Crippen LogP contribution in [-0.2, 0) is 0 Å². The highest BCUT2D eigenvalue weighted by Gasteiger charge is 2.04. The summed E-state index contributed by atoms with van der Waals surface area (Å²) in [7, 11) is 0. The zero-order valence-corrected chi connectivity index (χ0v) is 7.94. The predicted molar refractivity (Wildman–Crippen MR) is 56.6 cm³/mol. The largest absolute Gasteiger partial charge is 0.397 e. The van der Waals surface area contributed by atoms with Gasteiger partial charge in [-0.1, -0.05) is 0 Å². The number of nitrogens with two attached hydrogens (primary N) is 1. The maximum atomic E-state index is 5.92. The number of rotatable bonds is 1. The summed E-state index contributed by atoms with van der Waals surface area (Å²) in [5.41, 5.74) is 9.44. The lowest BCUT2D eigenvalue weighted by atomic mass is 10.1. The van der Waals surface area contributed by atoms with Crippen molar-refractivity contribution in [3.8, 4) is 11.3 Å². The summed E-state index contributed by atoms with van der Waals surface area (Å²) in [5, 5.41) is 0. The SMILES string of the molecule is Cc1ccnc(-c2cccnc2)c1N. The maximum absolute atomic E-state index is 5.92. The van der Waals surface area contributed by atoms with Gasteiger partial charge in [-0.2, -0.15) is 0 Å². The fourth-order valence-corrected chi connectivity index (χ4v) is 1.30. The fraction of sp³-hybridized carbons (Fsp3) is 0.0909. The number of pyridine rings is 2. The summed E-state index contributed by atoms with van der Waals surface area (Å²) >= 11 is 0. The fourth-order valence-electron chi connectivity index (χ4n) is 1.30. The van der Waals surface area contributed by atoms with Crippen LogP contribution in [0.5, 0.6) is 0 Å². The van der Waals surface area contributed by atoms with Crippen LogP contribution < -0.4 is 5.73 Å². The third-order valence-electron chi connectivity index (χ3n) is 2.14. The van der Waals surface area contributed by atoms with Gasteiger partial charge in [0.1, 0.15) is 0 Å². The van der Waals surface area contributed by atoms with Crippen LogP contribution in [0.1, 0.15) is 5.56 Å². The van der Waals surface area contributed by atoms with E-state index in [2.05, 4.69) is 9.97 Å². The minimum Gasteiger partial charge on any atom is -0.397 e. The second kappa shape index (κ2) is 3.46. The highest BCUT2D eigenvalue weighted by Crippen LogP contribution is 2.24. The molecule has 0 fully saturated rings. The molecule has 0 unspecified atom stereocenters. The summed E-state index contributed by atoms with van der Waals surface area (Å²) in [6, 6.07) is 5.72. The number of aryl methyl sites for hydroxylation is 1. The first kappa shape index (κ1) is 8.69. The molecule has 2 aromatic heterocycles. The van der Waals surface area contributed by atoms with Gasteiger partial charge in [0.2, 0.25) is 0 Å². The Morgan fingerprint density at radius 3 is 2.79 bits per heavy atom. The maximum Gasteiger partial charge on any atom is 0.0949 e. The van der Waals surface area contributed by atoms with E-state index in [1.807, 2.05) is 25.1 Å². The molecule has 3 heteroatoms. The van der Waals surface area contributed by atoms with Crippen molar-refractivity contribution in [3.05, 3.63) is 42.4 Å². The lowest BCUT2D eigenvalue weighted by molar-refractivity contribution is 1.26. The number of nitrogen functional groups attached to an aromatic ring is 1. The Morgan fingerprint density at radius 1 is 1.21 bits per heavy atom. The minimum absolute atomic E-state index is 0.723. The Balaban J connectivity index is 2.58. The van der Waals surface area contributed by atoms with E-state index in [0.29, 0.717) is 0 Å². The Bertz CT molecular complexity index is 438. The highest BCUT2D eigenvalue weighted by atomic mass is 14.7. The second-order valence-corrected chi connectivity index (χ2v) is 3.13. The molecule has 2 rings (SSSR count). The molecule has 0 amide bonds. The van der Waals surface area contributed by atoms with E-state index in [9.17, 15) is 0 Å². The van der Waals surface area contributed by atoms with Crippen molar-refractivity contribution in [1.29, 1.82) is 0 Å². The lowest BCUT2D eigenvalue weighted by Gasteiger charge is -2.05. The summed E-state index contributed by atoms with van der Waals surface area (Å²) < 4.78 is 0. The van der Waals surface area contributed by atoms with Crippen LogP contribution in [0.2, 0.25) is 0 Å². The number of anilines is 1. The molecule has 0 radical (unpaired) electrons. The quantitative estimate of drug-likeness (QED) is 0.739. The van der Waals surface area contributed by atoms with Gasteiger partial charge in [0.15, 0.2) is 0 Å². The van der Waals surface area contributed by atoms with E-state index < -0.39 is 0 Å². The summed E-state index contributed by atoms with van der Waals surface area (Å²) in [6.45, 7) is 1.97. The lowest BCUT2D eigenvalue weighted by Crippen LogP contribution is -1.96. The molecule has 0 aliphatic carbocycles. The van der Waals surface area contributed by atoms with E-state index in [1.165, 1.54) is 0 Å². The standard InChI is InChI=1S/C11H11N3/c1-8-4-6-14-11(10(8)12)9-3-2-5-13-7-9/h2-7H,12H2,1H3. The second-order valence-electron chi connectivity index (χ2n) is 3.13. The van der Waals surface area contributed by atoms with E-state index in [1.54, 1.807) is 18.6 Å². The molecule has 2 N–H and O–H groups in total.